The third-order valence-electron chi connectivity index (χ3n) is 5.81. The number of hydrogen-bond acceptors (Lipinski definition) is 4. The third kappa shape index (κ3) is 4.05. The van der Waals surface area contributed by atoms with Crippen LogP contribution in [0.5, 0.6) is 0 Å². The second-order valence-electron chi connectivity index (χ2n) is 8.21. The van der Waals surface area contributed by atoms with Gasteiger partial charge in [-0.05, 0) is 61.9 Å². The number of para-hydroxylation sites is 1. The molecule has 166 valence electrons. The van der Waals surface area contributed by atoms with Crippen molar-refractivity contribution in [2.45, 2.75) is 49.6 Å². The number of nitrogens with zero attached hydrogens (tertiary/aromatic N) is 2. The molecule has 0 spiro atoms. The van der Waals surface area contributed by atoms with Crippen LogP contribution < -0.4 is 10.0 Å². The van der Waals surface area contributed by atoms with Gasteiger partial charge < -0.3 is 5.32 Å². The molecule has 1 saturated carbocycles. The first-order chi connectivity index (χ1) is 15.4. The Morgan fingerprint density at radius 2 is 1.84 bits per heavy atom. The largest absolute Gasteiger partial charge is 0.347 e. The average molecular weight is 455 g/mol. The SMILES string of the molecule is O=C(NCc1ccc(S(=O)(=O)NC2CC2)cc1)c1nn(-c2ccccc2F)c2c1CCC2. The molecule has 32 heavy (non-hydrogen) atoms. The quantitative estimate of drug-likeness (QED) is 0.574. The van der Waals surface area contributed by atoms with E-state index in [2.05, 4.69) is 15.1 Å². The van der Waals surface area contributed by atoms with Crippen molar-refractivity contribution in [1.82, 2.24) is 19.8 Å². The maximum Gasteiger partial charge on any atom is 0.272 e. The summed E-state index contributed by atoms with van der Waals surface area (Å²) in [4.78, 5) is 13.1. The van der Waals surface area contributed by atoms with Crippen LogP contribution in [0.4, 0.5) is 4.39 Å². The normalized spacial score (nSPS) is 15.5. The van der Waals surface area contributed by atoms with Crippen LogP contribution in [0.25, 0.3) is 5.69 Å². The Labute approximate surface area is 185 Å². The fourth-order valence-electron chi connectivity index (χ4n) is 3.98. The van der Waals surface area contributed by atoms with Crippen LogP contribution in [0, 0.1) is 5.82 Å². The first-order valence-electron chi connectivity index (χ1n) is 10.7. The van der Waals surface area contributed by atoms with Gasteiger partial charge in [0.05, 0.1) is 4.90 Å². The summed E-state index contributed by atoms with van der Waals surface area (Å²) < 4.78 is 43.0. The number of fused-ring (bicyclic) bond motifs is 1. The van der Waals surface area contributed by atoms with Crippen LogP contribution in [-0.2, 0) is 29.4 Å². The van der Waals surface area contributed by atoms with Crippen molar-refractivity contribution in [2.24, 2.45) is 0 Å². The Morgan fingerprint density at radius 1 is 1.09 bits per heavy atom. The highest BCUT2D eigenvalue weighted by atomic mass is 32.2. The Hall–Kier alpha value is -3.04. The van der Waals surface area contributed by atoms with E-state index in [0.29, 0.717) is 11.4 Å². The van der Waals surface area contributed by atoms with E-state index in [0.717, 1.165) is 48.9 Å². The van der Waals surface area contributed by atoms with Crippen LogP contribution in [0.1, 0.15) is 46.6 Å². The van der Waals surface area contributed by atoms with Crippen LogP contribution >= 0.6 is 0 Å². The van der Waals surface area contributed by atoms with Gasteiger partial charge in [-0.15, -0.1) is 0 Å². The number of nitrogens with one attached hydrogen (secondary N) is 2. The van der Waals surface area contributed by atoms with E-state index in [1.54, 1.807) is 35.0 Å². The van der Waals surface area contributed by atoms with Gasteiger partial charge >= 0.3 is 0 Å². The van der Waals surface area contributed by atoms with E-state index in [4.69, 9.17) is 0 Å². The molecule has 1 heterocycles. The lowest BCUT2D eigenvalue weighted by Gasteiger charge is -2.08. The number of carbonyl (C=O) groups is 1. The van der Waals surface area contributed by atoms with Gasteiger partial charge in [0.1, 0.15) is 11.5 Å². The number of benzene rings is 2. The van der Waals surface area contributed by atoms with E-state index in [1.807, 2.05) is 0 Å². The van der Waals surface area contributed by atoms with Gasteiger partial charge in [0.2, 0.25) is 10.0 Å². The molecule has 7 nitrogen and oxygen atoms in total. The zero-order valence-corrected chi connectivity index (χ0v) is 18.2. The van der Waals surface area contributed by atoms with Crippen LogP contribution in [0.2, 0.25) is 0 Å². The van der Waals surface area contributed by atoms with E-state index in [-0.39, 0.29) is 29.2 Å². The summed E-state index contributed by atoms with van der Waals surface area (Å²) >= 11 is 0. The van der Waals surface area contributed by atoms with Crippen molar-refractivity contribution in [2.75, 3.05) is 0 Å². The Balaban J connectivity index is 1.31. The van der Waals surface area contributed by atoms with Gasteiger partial charge in [0, 0.05) is 23.8 Å². The molecule has 1 aromatic heterocycles. The molecule has 0 radical (unpaired) electrons. The van der Waals surface area contributed by atoms with Gasteiger partial charge in [0.15, 0.2) is 5.69 Å². The highest BCUT2D eigenvalue weighted by Crippen LogP contribution is 2.28. The number of carbonyl (C=O) groups excluding carboxylic acids is 1. The summed E-state index contributed by atoms with van der Waals surface area (Å²) in [6.45, 7) is 0.233. The topological polar surface area (TPSA) is 93.1 Å². The molecule has 2 aromatic carbocycles. The molecule has 0 atom stereocenters. The summed E-state index contributed by atoms with van der Waals surface area (Å²) in [5, 5.41) is 7.28. The lowest BCUT2D eigenvalue weighted by molar-refractivity contribution is 0.0944. The maximum atomic E-state index is 14.3. The molecule has 2 aliphatic rings. The average Bonchev–Trinajstić information content (AvgIpc) is 3.32. The van der Waals surface area contributed by atoms with Gasteiger partial charge in [-0.2, -0.15) is 5.10 Å². The Bertz CT molecular complexity index is 1280. The van der Waals surface area contributed by atoms with Crippen LogP contribution in [0.3, 0.4) is 0 Å². The first kappa shape index (κ1) is 20.8. The van der Waals surface area contributed by atoms with E-state index < -0.39 is 10.0 Å². The molecule has 3 aromatic rings. The highest BCUT2D eigenvalue weighted by Gasteiger charge is 2.29. The molecule has 9 heteroatoms. The van der Waals surface area contributed by atoms with Crippen molar-refractivity contribution in [3.8, 4) is 5.69 Å². The van der Waals surface area contributed by atoms with Crippen molar-refractivity contribution in [1.29, 1.82) is 0 Å². The molecule has 2 aliphatic carbocycles. The lowest BCUT2D eigenvalue weighted by Crippen LogP contribution is -2.26. The maximum absolute atomic E-state index is 14.3. The van der Waals surface area contributed by atoms with E-state index >= 15 is 0 Å². The number of halogens is 1. The third-order valence-corrected chi connectivity index (χ3v) is 7.35. The Morgan fingerprint density at radius 3 is 2.56 bits per heavy atom. The van der Waals surface area contributed by atoms with Gasteiger partial charge in [-0.25, -0.2) is 22.2 Å². The number of sulfonamides is 1. The minimum absolute atomic E-state index is 0.0462. The number of hydrogen-bond donors (Lipinski definition) is 2. The fourth-order valence-corrected chi connectivity index (χ4v) is 5.29. The standard InChI is InChI=1S/C23H23FN4O3S/c24-19-5-1-2-6-21(19)28-20-7-3-4-18(20)22(26-28)23(29)25-14-15-8-12-17(13-9-15)32(30,31)27-16-10-11-16/h1-2,5-6,8-9,12-13,16,27H,3-4,7,10-11,14H2,(H,25,29). The molecule has 1 amide bonds. The minimum Gasteiger partial charge on any atom is -0.347 e. The monoisotopic (exact) mass is 454 g/mol. The smallest absolute Gasteiger partial charge is 0.272 e. The predicted molar refractivity (Wildman–Crippen MR) is 117 cm³/mol. The first-order valence-corrected chi connectivity index (χ1v) is 12.2. The van der Waals surface area contributed by atoms with Crippen molar-refractivity contribution in [3.05, 3.63) is 76.9 Å². The Kier molecular flexibility index (Phi) is 5.30. The molecule has 1 fully saturated rings. The summed E-state index contributed by atoms with van der Waals surface area (Å²) in [5.74, 6) is -0.715. The highest BCUT2D eigenvalue weighted by molar-refractivity contribution is 7.89. The van der Waals surface area contributed by atoms with Gasteiger partial charge in [0.25, 0.3) is 5.91 Å². The molecule has 0 saturated heterocycles. The molecular formula is C23H23FN4O3S. The lowest BCUT2D eigenvalue weighted by atomic mass is 10.2. The van der Waals surface area contributed by atoms with Crippen LogP contribution in [0.15, 0.2) is 53.4 Å². The number of amides is 1. The molecule has 0 unspecified atom stereocenters. The van der Waals surface area contributed by atoms with Crippen LogP contribution in [-0.4, -0.2) is 30.1 Å². The van der Waals surface area contributed by atoms with Crippen molar-refractivity contribution >= 4 is 15.9 Å². The summed E-state index contributed by atoms with van der Waals surface area (Å²) in [7, 11) is -3.50. The van der Waals surface area contributed by atoms with Crippen molar-refractivity contribution in [3.63, 3.8) is 0 Å². The zero-order valence-electron chi connectivity index (χ0n) is 17.3. The number of aromatic nitrogens is 2. The minimum atomic E-state index is -3.50. The van der Waals surface area contributed by atoms with E-state index in [1.165, 1.54) is 18.2 Å². The summed E-state index contributed by atoms with van der Waals surface area (Å²) in [6, 6.07) is 12.9. The zero-order chi connectivity index (χ0) is 22.3. The number of rotatable bonds is 7. The predicted octanol–water partition coefficient (Wildman–Crippen LogP) is 2.87. The fraction of sp³-hybridized carbons (Fsp3) is 0.304. The molecule has 0 aliphatic heterocycles. The summed E-state index contributed by atoms with van der Waals surface area (Å²) in [6.07, 6.45) is 4.12. The van der Waals surface area contributed by atoms with Gasteiger partial charge in [-0.3, -0.25) is 4.79 Å². The van der Waals surface area contributed by atoms with Crippen molar-refractivity contribution < 1.29 is 17.6 Å². The molecule has 2 N–H and O–H groups in total. The van der Waals surface area contributed by atoms with E-state index in [9.17, 15) is 17.6 Å². The second-order valence-corrected chi connectivity index (χ2v) is 9.93. The molecular weight excluding hydrogens is 431 g/mol. The molecule has 5 rings (SSSR count). The summed E-state index contributed by atoms with van der Waals surface area (Å²) in [5.41, 5.74) is 3.15. The second kappa shape index (κ2) is 8.14. The molecule has 0 bridgehead atoms. The van der Waals surface area contributed by atoms with Gasteiger partial charge in [-0.1, -0.05) is 24.3 Å².